The van der Waals surface area contributed by atoms with Crippen LogP contribution >= 0.6 is 0 Å². The summed E-state index contributed by atoms with van der Waals surface area (Å²) in [5.41, 5.74) is 0. The van der Waals surface area contributed by atoms with Gasteiger partial charge in [0.1, 0.15) is 6.61 Å². The Kier molecular flexibility index (Phi) is 8.70. The molecule has 0 aromatic heterocycles. The number of aliphatic hydroxyl groups excluding tert-OH is 1. The minimum atomic E-state index is -0.807. The maximum Gasteiger partial charge on any atom is 0.302 e. The first-order valence-corrected chi connectivity index (χ1v) is 2.27. The van der Waals surface area contributed by atoms with Crippen LogP contribution in [0, 0.1) is 6.92 Å². The maximum absolute atomic E-state index is 9.99. The van der Waals surface area contributed by atoms with E-state index in [4.69, 9.17) is 5.11 Å². The molecule has 0 saturated heterocycles. The molecule has 0 aromatic rings. The van der Waals surface area contributed by atoms with Gasteiger partial charge >= 0.3 is 5.97 Å². The summed E-state index contributed by atoms with van der Waals surface area (Å²) in [5, 5.41) is 8.41. The van der Waals surface area contributed by atoms with Gasteiger partial charge in [0.25, 0.3) is 0 Å². The largest absolute Gasteiger partial charge is 0.463 e. The summed E-state index contributed by atoms with van der Waals surface area (Å²) in [7, 11) is 0. The normalized spacial score (nSPS) is 11.4. The van der Waals surface area contributed by atoms with Crippen molar-refractivity contribution in [2.24, 2.45) is 0 Å². The molecule has 3 nitrogen and oxygen atoms in total. The fourth-order valence-corrected chi connectivity index (χ4v) is 0.214. The molecule has 0 heterocycles. The minimum Gasteiger partial charge on any atom is -0.463 e. The van der Waals surface area contributed by atoms with Crippen LogP contribution in [-0.2, 0) is 37.2 Å². The Morgan fingerprint density at radius 2 is 2.33 bits per heavy atom. The molecular formula is C5H9HgO3. The number of hydrogen-bond acceptors (Lipinski definition) is 3. The van der Waals surface area contributed by atoms with Gasteiger partial charge in [-0.25, -0.2) is 0 Å². The van der Waals surface area contributed by atoms with Crippen LogP contribution < -0.4 is 0 Å². The summed E-state index contributed by atoms with van der Waals surface area (Å²) in [6.45, 7) is 4.45. The van der Waals surface area contributed by atoms with Gasteiger partial charge in [-0.05, 0) is 6.92 Å². The second-order valence-electron chi connectivity index (χ2n) is 1.46. The Balaban J connectivity index is 0. The Bertz CT molecular complexity index is 82.3. The van der Waals surface area contributed by atoms with Gasteiger partial charge in [0.2, 0.25) is 0 Å². The third-order valence-corrected chi connectivity index (χ3v) is 0.479. The second-order valence-corrected chi connectivity index (χ2v) is 1.46. The number of ether oxygens (including phenoxy) is 1. The first-order chi connectivity index (χ1) is 3.63. The molecule has 0 spiro atoms. The average Bonchev–Trinajstić information content (AvgIpc) is 1.61. The van der Waals surface area contributed by atoms with Crippen molar-refractivity contribution >= 4 is 5.97 Å². The van der Waals surface area contributed by atoms with Crippen molar-refractivity contribution in [3.8, 4) is 0 Å². The molecule has 0 fully saturated rings. The molecule has 0 bridgehead atoms. The molecule has 9 heavy (non-hydrogen) atoms. The predicted octanol–water partition coefficient (Wildman–Crippen LogP) is -0.258. The van der Waals surface area contributed by atoms with Gasteiger partial charge in [-0.3, -0.25) is 4.79 Å². The van der Waals surface area contributed by atoms with Crippen molar-refractivity contribution in [1.82, 2.24) is 0 Å². The molecule has 4 heteroatoms. The fraction of sp³-hybridized carbons (Fsp3) is 0.600. The molecule has 0 aliphatic rings. The van der Waals surface area contributed by atoms with Crippen LogP contribution in [-0.4, -0.2) is 23.8 Å². The number of hydrogen-bond donors (Lipinski definition) is 1. The van der Waals surface area contributed by atoms with Gasteiger partial charge in [-0.15, -0.1) is 0 Å². The van der Waals surface area contributed by atoms with Crippen LogP contribution in [0.2, 0.25) is 0 Å². The standard InChI is InChI=1S/C5H9O3.Hg/c1-4(6)3-8-5(2)7;/h4,6H,1,3H2,2H3;. The zero-order valence-corrected chi connectivity index (χ0v) is 11.0. The molecule has 49 valence electrons. The van der Waals surface area contributed by atoms with Crippen molar-refractivity contribution in [2.45, 2.75) is 13.0 Å². The van der Waals surface area contributed by atoms with Gasteiger partial charge in [0.05, 0.1) is 6.10 Å². The molecule has 0 aliphatic carbocycles. The van der Waals surface area contributed by atoms with Gasteiger partial charge in [0, 0.05) is 34.6 Å². The Morgan fingerprint density at radius 1 is 1.89 bits per heavy atom. The summed E-state index contributed by atoms with van der Waals surface area (Å²) in [6, 6.07) is 0. The van der Waals surface area contributed by atoms with Gasteiger partial charge in [-0.1, -0.05) is 0 Å². The van der Waals surface area contributed by atoms with Gasteiger partial charge in [-0.2, -0.15) is 0 Å². The van der Waals surface area contributed by atoms with Gasteiger partial charge < -0.3 is 9.84 Å². The number of aliphatic hydroxyl groups is 1. The van der Waals surface area contributed by atoms with Crippen molar-refractivity contribution in [2.75, 3.05) is 6.61 Å². The summed E-state index contributed by atoms with van der Waals surface area (Å²) >= 11 is 0. The zero-order chi connectivity index (χ0) is 6.57. The van der Waals surface area contributed by atoms with E-state index in [1.54, 1.807) is 0 Å². The molecule has 0 saturated carbocycles. The third kappa shape index (κ3) is 11.8. The van der Waals surface area contributed by atoms with E-state index in [9.17, 15) is 4.79 Å². The van der Waals surface area contributed by atoms with E-state index in [1.807, 2.05) is 0 Å². The molecule has 1 atom stereocenters. The van der Waals surface area contributed by atoms with Crippen LogP contribution in [0.1, 0.15) is 6.92 Å². The number of rotatable bonds is 2. The monoisotopic (exact) mass is 319 g/mol. The number of esters is 1. The van der Waals surface area contributed by atoms with E-state index < -0.39 is 12.1 Å². The van der Waals surface area contributed by atoms with Crippen molar-refractivity contribution in [1.29, 1.82) is 0 Å². The zero-order valence-electron chi connectivity index (χ0n) is 5.46. The molecular weight excluding hydrogens is 309 g/mol. The molecule has 0 aliphatic heterocycles. The topological polar surface area (TPSA) is 46.5 Å². The SMILES string of the molecule is [CH2]C(O)COC(C)=O.[Hg]. The maximum atomic E-state index is 9.99. The van der Waals surface area contributed by atoms with Crippen molar-refractivity contribution < 1.29 is 42.3 Å². The van der Waals surface area contributed by atoms with E-state index >= 15 is 0 Å². The quantitative estimate of drug-likeness (QED) is 0.564. The molecule has 0 amide bonds. The van der Waals surface area contributed by atoms with Crippen LogP contribution in [0.25, 0.3) is 0 Å². The Hall–Kier alpha value is 0.365. The van der Waals surface area contributed by atoms with Crippen LogP contribution in [0.15, 0.2) is 0 Å². The molecule has 0 rings (SSSR count). The smallest absolute Gasteiger partial charge is 0.302 e. The van der Waals surface area contributed by atoms with E-state index in [1.165, 1.54) is 6.92 Å². The predicted molar refractivity (Wildman–Crippen MR) is 28.0 cm³/mol. The fourth-order valence-electron chi connectivity index (χ4n) is 0.214. The minimum absolute atomic E-state index is 0. The summed E-state index contributed by atoms with van der Waals surface area (Å²) in [6.07, 6.45) is -0.807. The molecule has 1 unspecified atom stereocenters. The summed E-state index contributed by atoms with van der Waals surface area (Å²) < 4.78 is 4.35. The van der Waals surface area contributed by atoms with Crippen molar-refractivity contribution in [3.63, 3.8) is 0 Å². The molecule has 1 N–H and O–H groups in total. The summed E-state index contributed by atoms with van der Waals surface area (Å²) in [4.78, 5) is 9.99. The van der Waals surface area contributed by atoms with E-state index in [-0.39, 0.29) is 34.3 Å². The number of carbonyl (C=O) groups is 1. The van der Waals surface area contributed by atoms with Crippen LogP contribution in [0.3, 0.4) is 0 Å². The number of carbonyl (C=O) groups excluding carboxylic acids is 1. The average molecular weight is 318 g/mol. The summed E-state index contributed by atoms with van der Waals surface area (Å²) in [5.74, 6) is -0.396. The third-order valence-electron chi connectivity index (χ3n) is 0.479. The van der Waals surface area contributed by atoms with Gasteiger partial charge in [0.15, 0.2) is 0 Å². The molecule has 0 aromatic carbocycles. The molecule has 1 radical (unpaired) electrons. The second kappa shape index (κ2) is 6.48. The first-order valence-electron chi connectivity index (χ1n) is 2.27. The Morgan fingerprint density at radius 3 is 2.44 bits per heavy atom. The van der Waals surface area contributed by atoms with E-state index in [0.717, 1.165) is 0 Å². The van der Waals surface area contributed by atoms with E-state index in [0.29, 0.717) is 0 Å². The van der Waals surface area contributed by atoms with E-state index in [2.05, 4.69) is 11.7 Å². The Labute approximate surface area is 74.9 Å². The van der Waals surface area contributed by atoms with Crippen LogP contribution in [0.4, 0.5) is 0 Å². The van der Waals surface area contributed by atoms with Crippen LogP contribution in [0.5, 0.6) is 0 Å². The van der Waals surface area contributed by atoms with Crippen molar-refractivity contribution in [3.05, 3.63) is 6.92 Å². The first kappa shape index (κ1) is 12.1.